The summed E-state index contributed by atoms with van der Waals surface area (Å²) < 4.78 is 0. The average Bonchev–Trinajstić information content (AvgIpc) is 2.94. The number of piperidine rings is 1. The van der Waals surface area contributed by atoms with Crippen LogP contribution in [-0.4, -0.2) is 84.9 Å². The number of hydrogen-bond donors (Lipinski definition) is 0. The van der Waals surface area contributed by atoms with Gasteiger partial charge in [-0.3, -0.25) is 9.59 Å². The molecule has 0 spiro atoms. The van der Waals surface area contributed by atoms with E-state index < -0.39 is 5.41 Å². The first-order valence-corrected chi connectivity index (χ1v) is 10.1. The Kier molecular flexibility index (Phi) is 6.05. The molecular formula is C20H32N6O2. The zero-order valence-corrected chi connectivity index (χ0v) is 17.5. The topological polar surface area (TPSA) is 72.9 Å². The molecule has 0 unspecified atom stereocenters. The Morgan fingerprint density at radius 2 is 1.75 bits per heavy atom. The van der Waals surface area contributed by atoms with Crippen LogP contribution in [0, 0.1) is 5.41 Å². The highest BCUT2D eigenvalue weighted by Gasteiger charge is 2.41. The van der Waals surface area contributed by atoms with E-state index in [2.05, 4.69) is 21.8 Å². The second-order valence-electron chi connectivity index (χ2n) is 8.37. The van der Waals surface area contributed by atoms with Gasteiger partial charge in [0.05, 0.1) is 5.41 Å². The molecule has 1 aromatic heterocycles. The van der Waals surface area contributed by atoms with E-state index in [-0.39, 0.29) is 11.8 Å². The van der Waals surface area contributed by atoms with E-state index >= 15 is 0 Å². The molecular weight excluding hydrogens is 356 g/mol. The molecule has 0 radical (unpaired) electrons. The van der Waals surface area contributed by atoms with Crippen molar-refractivity contribution in [3.8, 4) is 0 Å². The summed E-state index contributed by atoms with van der Waals surface area (Å²) in [4.78, 5) is 41.8. The maximum Gasteiger partial charge on any atom is 0.230 e. The standard InChI is InChI=1S/C20H32N6O2/c1-16(27)24-9-6-10-25(12-11-24)19(28)20(2)7-5-8-26(14-20)18-13-17(23(3)4)21-15-22-18/h13,15H,5-12,14H2,1-4H3/t20-/m0/s1. The van der Waals surface area contributed by atoms with E-state index in [9.17, 15) is 9.59 Å². The van der Waals surface area contributed by atoms with Crippen LogP contribution in [0.15, 0.2) is 12.4 Å². The fourth-order valence-electron chi connectivity index (χ4n) is 4.18. The predicted molar refractivity (Wildman–Crippen MR) is 109 cm³/mol. The lowest BCUT2D eigenvalue weighted by molar-refractivity contribution is -0.142. The number of rotatable bonds is 3. The third-order valence-corrected chi connectivity index (χ3v) is 5.86. The summed E-state index contributed by atoms with van der Waals surface area (Å²) in [6.45, 7) is 7.91. The molecule has 1 atom stereocenters. The summed E-state index contributed by atoms with van der Waals surface area (Å²) in [5.41, 5.74) is -0.438. The third-order valence-electron chi connectivity index (χ3n) is 5.86. The molecule has 0 saturated carbocycles. The normalized spacial score (nSPS) is 23.4. The highest BCUT2D eigenvalue weighted by atomic mass is 16.2. The van der Waals surface area contributed by atoms with Crippen LogP contribution < -0.4 is 9.80 Å². The van der Waals surface area contributed by atoms with Gasteiger partial charge in [0.1, 0.15) is 18.0 Å². The van der Waals surface area contributed by atoms with Crippen molar-refractivity contribution >= 4 is 23.5 Å². The molecule has 8 nitrogen and oxygen atoms in total. The lowest BCUT2D eigenvalue weighted by Crippen LogP contribution is -2.52. The van der Waals surface area contributed by atoms with Crippen molar-refractivity contribution in [3.05, 3.63) is 12.4 Å². The molecule has 0 aliphatic carbocycles. The van der Waals surface area contributed by atoms with Gasteiger partial charge in [-0.15, -0.1) is 0 Å². The molecule has 2 aliphatic heterocycles. The van der Waals surface area contributed by atoms with Crippen LogP contribution in [0.4, 0.5) is 11.6 Å². The molecule has 1 aromatic rings. The van der Waals surface area contributed by atoms with Gasteiger partial charge in [-0.2, -0.15) is 0 Å². The summed E-state index contributed by atoms with van der Waals surface area (Å²) in [5, 5.41) is 0. The first-order chi connectivity index (χ1) is 13.3. The number of anilines is 2. The molecule has 3 heterocycles. The van der Waals surface area contributed by atoms with E-state index in [1.807, 2.05) is 34.9 Å². The number of amides is 2. The lowest BCUT2D eigenvalue weighted by atomic mass is 9.80. The first kappa shape index (κ1) is 20.4. The van der Waals surface area contributed by atoms with Crippen LogP contribution in [0.25, 0.3) is 0 Å². The Bertz CT molecular complexity index is 724. The minimum atomic E-state index is -0.438. The van der Waals surface area contributed by atoms with Crippen molar-refractivity contribution in [2.24, 2.45) is 5.41 Å². The van der Waals surface area contributed by atoms with Crippen molar-refractivity contribution < 1.29 is 9.59 Å². The fourth-order valence-corrected chi connectivity index (χ4v) is 4.18. The molecule has 2 saturated heterocycles. The summed E-state index contributed by atoms with van der Waals surface area (Å²) in [7, 11) is 3.92. The lowest BCUT2D eigenvalue weighted by Gasteiger charge is -2.42. The van der Waals surface area contributed by atoms with Crippen LogP contribution in [-0.2, 0) is 9.59 Å². The van der Waals surface area contributed by atoms with E-state index in [4.69, 9.17) is 0 Å². The van der Waals surface area contributed by atoms with Gasteiger partial charge >= 0.3 is 0 Å². The SMILES string of the molecule is CC(=O)N1CCCN(C(=O)[C@@]2(C)CCCN(c3cc(N(C)C)ncn3)C2)CC1. The van der Waals surface area contributed by atoms with Crippen LogP contribution >= 0.6 is 0 Å². The van der Waals surface area contributed by atoms with Gasteiger partial charge in [0.15, 0.2) is 0 Å². The van der Waals surface area contributed by atoms with Crippen molar-refractivity contribution in [3.63, 3.8) is 0 Å². The van der Waals surface area contributed by atoms with E-state index in [1.165, 1.54) is 0 Å². The van der Waals surface area contributed by atoms with Gasteiger partial charge < -0.3 is 19.6 Å². The highest BCUT2D eigenvalue weighted by Crippen LogP contribution is 2.34. The van der Waals surface area contributed by atoms with E-state index in [1.54, 1.807) is 13.3 Å². The second-order valence-corrected chi connectivity index (χ2v) is 8.37. The maximum absolute atomic E-state index is 13.4. The molecule has 0 bridgehead atoms. The van der Waals surface area contributed by atoms with Crippen molar-refractivity contribution in [1.82, 2.24) is 19.8 Å². The summed E-state index contributed by atoms with van der Waals surface area (Å²) in [6.07, 6.45) is 4.25. The Labute approximate surface area is 167 Å². The maximum atomic E-state index is 13.4. The minimum Gasteiger partial charge on any atom is -0.363 e. The number of nitrogens with zero attached hydrogens (tertiary/aromatic N) is 6. The van der Waals surface area contributed by atoms with Crippen LogP contribution in [0.1, 0.15) is 33.1 Å². The van der Waals surface area contributed by atoms with Crippen molar-refractivity contribution in [2.45, 2.75) is 33.1 Å². The van der Waals surface area contributed by atoms with Crippen LogP contribution in [0.2, 0.25) is 0 Å². The molecule has 154 valence electrons. The third kappa shape index (κ3) is 4.36. The number of hydrogen-bond acceptors (Lipinski definition) is 6. The summed E-state index contributed by atoms with van der Waals surface area (Å²) in [6, 6.07) is 1.98. The van der Waals surface area contributed by atoms with Gasteiger partial charge in [-0.05, 0) is 26.2 Å². The zero-order chi connectivity index (χ0) is 20.3. The van der Waals surface area contributed by atoms with Crippen LogP contribution in [0.3, 0.4) is 0 Å². The van der Waals surface area contributed by atoms with Gasteiger partial charge in [-0.1, -0.05) is 0 Å². The Balaban J connectivity index is 1.71. The minimum absolute atomic E-state index is 0.0878. The molecule has 0 N–H and O–H groups in total. The molecule has 8 heteroatoms. The smallest absolute Gasteiger partial charge is 0.230 e. The quantitative estimate of drug-likeness (QED) is 0.776. The Morgan fingerprint density at radius 1 is 1.04 bits per heavy atom. The summed E-state index contributed by atoms with van der Waals surface area (Å²) in [5.74, 6) is 2.02. The van der Waals surface area contributed by atoms with Gasteiger partial charge in [-0.25, -0.2) is 9.97 Å². The second kappa shape index (κ2) is 8.32. The molecule has 2 fully saturated rings. The van der Waals surface area contributed by atoms with E-state index in [0.29, 0.717) is 19.6 Å². The number of aromatic nitrogens is 2. The van der Waals surface area contributed by atoms with Gasteiger partial charge in [0.2, 0.25) is 11.8 Å². The fraction of sp³-hybridized carbons (Fsp3) is 0.700. The zero-order valence-electron chi connectivity index (χ0n) is 17.5. The Morgan fingerprint density at radius 3 is 2.46 bits per heavy atom. The first-order valence-electron chi connectivity index (χ1n) is 10.1. The molecule has 2 amide bonds. The molecule has 0 aromatic carbocycles. The summed E-state index contributed by atoms with van der Waals surface area (Å²) >= 11 is 0. The van der Waals surface area contributed by atoms with Crippen molar-refractivity contribution in [2.75, 3.05) is 63.2 Å². The highest BCUT2D eigenvalue weighted by molar-refractivity contribution is 5.83. The van der Waals surface area contributed by atoms with Crippen LogP contribution in [0.5, 0.6) is 0 Å². The average molecular weight is 389 g/mol. The molecule has 28 heavy (non-hydrogen) atoms. The molecule has 2 aliphatic rings. The van der Waals surface area contributed by atoms with Gasteiger partial charge in [0.25, 0.3) is 0 Å². The Hall–Kier alpha value is -2.38. The van der Waals surface area contributed by atoms with E-state index in [0.717, 1.165) is 50.5 Å². The number of carbonyl (C=O) groups is 2. The van der Waals surface area contributed by atoms with Gasteiger partial charge in [0, 0.05) is 66.4 Å². The largest absolute Gasteiger partial charge is 0.363 e. The molecule has 3 rings (SSSR count). The predicted octanol–water partition coefficient (Wildman–Crippen LogP) is 1.23. The number of carbonyl (C=O) groups excluding carboxylic acids is 2. The van der Waals surface area contributed by atoms with Crippen molar-refractivity contribution in [1.29, 1.82) is 0 Å². The monoisotopic (exact) mass is 388 g/mol.